The van der Waals surface area contributed by atoms with Gasteiger partial charge in [-0.15, -0.1) is 0 Å². The van der Waals surface area contributed by atoms with E-state index in [1.165, 1.54) is 31.3 Å². The lowest BCUT2D eigenvalue weighted by Crippen LogP contribution is -2.27. The van der Waals surface area contributed by atoms with Crippen LogP contribution in [0.25, 0.3) is 11.3 Å². The van der Waals surface area contributed by atoms with E-state index < -0.39 is 5.82 Å². The minimum absolute atomic E-state index is 0.0563. The second-order valence-electron chi connectivity index (χ2n) is 7.39. The van der Waals surface area contributed by atoms with Crippen molar-refractivity contribution in [2.45, 2.75) is 19.8 Å². The van der Waals surface area contributed by atoms with Crippen LogP contribution in [0.4, 0.5) is 21.6 Å². The van der Waals surface area contributed by atoms with Gasteiger partial charge in [0.1, 0.15) is 11.6 Å². The van der Waals surface area contributed by atoms with Crippen molar-refractivity contribution in [3.05, 3.63) is 59.6 Å². The molecule has 0 saturated heterocycles. The van der Waals surface area contributed by atoms with Gasteiger partial charge >= 0.3 is 0 Å². The van der Waals surface area contributed by atoms with Crippen molar-refractivity contribution in [3.63, 3.8) is 0 Å². The quantitative estimate of drug-likeness (QED) is 0.307. The van der Waals surface area contributed by atoms with Crippen LogP contribution < -0.4 is 21.3 Å². The van der Waals surface area contributed by atoms with Crippen LogP contribution in [0.15, 0.2) is 48.8 Å². The molecule has 0 unspecified atom stereocenters. The van der Waals surface area contributed by atoms with Crippen molar-refractivity contribution in [1.82, 2.24) is 25.8 Å². The summed E-state index contributed by atoms with van der Waals surface area (Å²) in [5, 5.41) is 20.1. The normalized spacial score (nSPS) is 10.6. The summed E-state index contributed by atoms with van der Waals surface area (Å²) < 4.78 is 14.2. The minimum Gasteiger partial charge on any atom is -0.356 e. The topological polar surface area (TPSA) is 121 Å². The molecule has 0 radical (unpaired) electrons. The SMILES string of the molecule is CC(=O)NCCCNCCC(=O)Nc1cc(Nc2cnnc(-c3cc(Cl)ccc3F)c2)ccn1. The first kappa shape index (κ1) is 25.0. The van der Waals surface area contributed by atoms with Gasteiger partial charge < -0.3 is 21.3 Å². The average molecular weight is 486 g/mol. The average Bonchev–Trinajstić information content (AvgIpc) is 2.80. The Labute approximate surface area is 201 Å². The third-order valence-electron chi connectivity index (χ3n) is 4.61. The highest BCUT2D eigenvalue weighted by molar-refractivity contribution is 6.30. The van der Waals surface area contributed by atoms with Gasteiger partial charge in [0.15, 0.2) is 0 Å². The fraction of sp³-hybridized carbons (Fsp3) is 0.261. The van der Waals surface area contributed by atoms with Gasteiger partial charge in [0, 0.05) is 55.0 Å². The Morgan fingerprint density at radius 3 is 2.74 bits per heavy atom. The summed E-state index contributed by atoms with van der Waals surface area (Å²) in [6.07, 6.45) is 4.13. The summed E-state index contributed by atoms with van der Waals surface area (Å²) in [6.45, 7) is 3.28. The molecule has 9 nitrogen and oxygen atoms in total. The van der Waals surface area contributed by atoms with Gasteiger partial charge in [-0.25, -0.2) is 9.37 Å². The second-order valence-corrected chi connectivity index (χ2v) is 7.83. The molecule has 2 amide bonds. The van der Waals surface area contributed by atoms with Crippen molar-refractivity contribution < 1.29 is 14.0 Å². The zero-order valence-corrected chi connectivity index (χ0v) is 19.3. The molecule has 4 N–H and O–H groups in total. The van der Waals surface area contributed by atoms with Gasteiger partial charge in [-0.05, 0) is 43.3 Å². The van der Waals surface area contributed by atoms with Crippen LogP contribution in [0.1, 0.15) is 19.8 Å². The molecule has 178 valence electrons. The second kappa shape index (κ2) is 12.6. The summed E-state index contributed by atoms with van der Waals surface area (Å²) in [7, 11) is 0. The number of halogens is 2. The third-order valence-corrected chi connectivity index (χ3v) is 4.84. The van der Waals surface area contributed by atoms with Crippen LogP contribution in [0.3, 0.4) is 0 Å². The molecule has 3 rings (SSSR count). The Hall–Kier alpha value is -3.63. The number of rotatable bonds is 11. The molecular formula is C23H25ClFN7O2. The van der Waals surface area contributed by atoms with E-state index in [2.05, 4.69) is 36.4 Å². The Kier molecular flexibility index (Phi) is 9.24. The number of amides is 2. The molecule has 3 aromatic rings. The molecule has 0 saturated carbocycles. The van der Waals surface area contributed by atoms with Gasteiger partial charge in [-0.1, -0.05) is 11.6 Å². The smallest absolute Gasteiger partial charge is 0.226 e. The first-order valence-corrected chi connectivity index (χ1v) is 11.0. The van der Waals surface area contributed by atoms with Gasteiger partial charge in [0.2, 0.25) is 11.8 Å². The molecule has 0 aliphatic rings. The molecule has 0 atom stereocenters. The molecule has 1 aromatic carbocycles. The Morgan fingerprint density at radius 1 is 1.06 bits per heavy atom. The highest BCUT2D eigenvalue weighted by atomic mass is 35.5. The number of aromatic nitrogens is 3. The van der Waals surface area contributed by atoms with Crippen molar-refractivity contribution in [3.8, 4) is 11.3 Å². The number of nitrogens with one attached hydrogen (secondary N) is 4. The fourth-order valence-electron chi connectivity index (χ4n) is 3.01. The van der Waals surface area contributed by atoms with E-state index in [9.17, 15) is 14.0 Å². The summed E-state index contributed by atoms with van der Waals surface area (Å²) in [5.41, 5.74) is 1.82. The van der Waals surface area contributed by atoms with Crippen LogP contribution in [0.2, 0.25) is 5.02 Å². The highest BCUT2D eigenvalue weighted by Gasteiger charge is 2.10. The Balaban J connectivity index is 1.52. The van der Waals surface area contributed by atoms with Crippen molar-refractivity contribution >= 4 is 40.6 Å². The number of carbonyl (C=O) groups excluding carboxylic acids is 2. The maximum Gasteiger partial charge on any atom is 0.226 e. The molecule has 0 fully saturated rings. The summed E-state index contributed by atoms with van der Waals surface area (Å²) in [4.78, 5) is 27.2. The molecule has 11 heteroatoms. The number of hydrogen-bond acceptors (Lipinski definition) is 7. The zero-order chi connectivity index (χ0) is 24.3. The standard InChI is InChI=1S/C23H25ClFN7O2/c1-15(33)27-8-2-7-26-9-6-23(34)31-22-13-17(5-10-28-22)30-18-12-21(32-29-14-18)19-11-16(24)3-4-20(19)25/h3-5,10-14,26H,2,6-9H2,1H3,(H,27,33)(H2,28,30,31,32,34). The number of pyridine rings is 1. The predicted octanol–water partition coefficient (Wildman–Crippen LogP) is 3.52. The molecule has 0 spiro atoms. The third kappa shape index (κ3) is 8.05. The largest absolute Gasteiger partial charge is 0.356 e. The summed E-state index contributed by atoms with van der Waals surface area (Å²) in [5.74, 6) is -0.293. The van der Waals surface area contributed by atoms with Crippen LogP contribution in [0.5, 0.6) is 0 Å². The number of benzene rings is 1. The van der Waals surface area contributed by atoms with Crippen LogP contribution in [0, 0.1) is 5.82 Å². The van der Waals surface area contributed by atoms with Crippen LogP contribution in [-0.4, -0.2) is 46.6 Å². The maximum absolute atomic E-state index is 14.2. The van der Waals surface area contributed by atoms with Gasteiger partial charge in [-0.3, -0.25) is 9.59 Å². The van der Waals surface area contributed by atoms with E-state index in [1.807, 2.05) is 0 Å². The highest BCUT2D eigenvalue weighted by Crippen LogP contribution is 2.27. The van der Waals surface area contributed by atoms with Crippen molar-refractivity contribution in [2.75, 3.05) is 30.3 Å². The summed E-state index contributed by atoms with van der Waals surface area (Å²) >= 11 is 5.98. The lowest BCUT2D eigenvalue weighted by atomic mass is 10.1. The molecule has 34 heavy (non-hydrogen) atoms. The van der Waals surface area contributed by atoms with E-state index in [-0.39, 0.29) is 23.8 Å². The molecule has 2 aromatic heterocycles. The predicted molar refractivity (Wildman–Crippen MR) is 129 cm³/mol. The Bertz CT molecular complexity index is 1150. The number of hydrogen-bond donors (Lipinski definition) is 4. The molecular weight excluding hydrogens is 461 g/mol. The number of carbonyl (C=O) groups is 2. The molecule has 0 bridgehead atoms. The first-order valence-electron chi connectivity index (χ1n) is 10.7. The Morgan fingerprint density at radius 2 is 1.91 bits per heavy atom. The van der Waals surface area contributed by atoms with E-state index in [0.29, 0.717) is 47.5 Å². The number of anilines is 3. The molecule has 2 heterocycles. The monoisotopic (exact) mass is 485 g/mol. The van der Waals surface area contributed by atoms with E-state index >= 15 is 0 Å². The fourth-order valence-corrected chi connectivity index (χ4v) is 3.19. The van der Waals surface area contributed by atoms with Crippen LogP contribution >= 0.6 is 11.6 Å². The van der Waals surface area contributed by atoms with Gasteiger partial charge in [-0.2, -0.15) is 10.2 Å². The van der Waals surface area contributed by atoms with Crippen LogP contribution in [-0.2, 0) is 9.59 Å². The van der Waals surface area contributed by atoms with Gasteiger partial charge in [0.25, 0.3) is 0 Å². The first-order chi connectivity index (χ1) is 16.4. The lowest BCUT2D eigenvalue weighted by Gasteiger charge is -2.10. The van der Waals surface area contributed by atoms with E-state index in [4.69, 9.17) is 11.6 Å². The van der Waals surface area contributed by atoms with Gasteiger partial charge in [0.05, 0.1) is 17.6 Å². The molecule has 0 aliphatic carbocycles. The number of nitrogens with zero attached hydrogens (tertiary/aromatic N) is 3. The molecule has 0 aliphatic heterocycles. The van der Waals surface area contributed by atoms with E-state index in [1.54, 1.807) is 24.4 Å². The van der Waals surface area contributed by atoms with E-state index in [0.717, 1.165) is 6.42 Å². The van der Waals surface area contributed by atoms with Crippen molar-refractivity contribution in [2.24, 2.45) is 0 Å². The lowest BCUT2D eigenvalue weighted by molar-refractivity contribution is -0.119. The zero-order valence-electron chi connectivity index (χ0n) is 18.6. The maximum atomic E-state index is 14.2. The summed E-state index contributed by atoms with van der Waals surface area (Å²) in [6, 6.07) is 9.29. The van der Waals surface area contributed by atoms with Crippen molar-refractivity contribution in [1.29, 1.82) is 0 Å². The minimum atomic E-state index is -0.452.